The molecule has 0 saturated heterocycles. The van der Waals surface area contributed by atoms with Gasteiger partial charge in [-0.05, 0) is 42.5 Å². The van der Waals surface area contributed by atoms with Crippen LogP contribution in [0.4, 0.5) is 11.4 Å². The van der Waals surface area contributed by atoms with Gasteiger partial charge in [0.2, 0.25) is 10.0 Å². The summed E-state index contributed by atoms with van der Waals surface area (Å²) < 4.78 is 24.7. The predicted molar refractivity (Wildman–Crippen MR) is 84.3 cm³/mol. The first-order valence-corrected chi connectivity index (χ1v) is 8.25. The third-order valence-electron chi connectivity index (χ3n) is 2.53. The molecule has 0 heterocycles. The van der Waals surface area contributed by atoms with E-state index in [1.807, 2.05) is 0 Å². The minimum atomic E-state index is -3.36. The zero-order valence-corrected chi connectivity index (χ0v) is 12.7. The van der Waals surface area contributed by atoms with E-state index in [0.29, 0.717) is 22.0 Å². The molecule has 0 aliphatic rings. The number of rotatable bonds is 4. The molecule has 0 aliphatic carbocycles. The van der Waals surface area contributed by atoms with Crippen molar-refractivity contribution in [3.63, 3.8) is 0 Å². The van der Waals surface area contributed by atoms with Crippen LogP contribution in [0.15, 0.2) is 48.5 Å². The van der Waals surface area contributed by atoms with E-state index in [2.05, 4.69) is 10.0 Å². The number of anilines is 2. The van der Waals surface area contributed by atoms with E-state index in [9.17, 15) is 13.2 Å². The summed E-state index contributed by atoms with van der Waals surface area (Å²) in [6.45, 7) is 0. The molecule has 0 aliphatic heterocycles. The van der Waals surface area contributed by atoms with Crippen LogP contribution in [0.3, 0.4) is 0 Å². The molecule has 2 aromatic carbocycles. The van der Waals surface area contributed by atoms with Crippen molar-refractivity contribution in [2.24, 2.45) is 0 Å². The number of benzene rings is 2. The number of amides is 1. The summed E-state index contributed by atoms with van der Waals surface area (Å²) in [6.07, 6.45) is 1.06. The molecule has 7 heteroatoms. The van der Waals surface area contributed by atoms with Crippen LogP contribution in [0.5, 0.6) is 0 Å². The molecule has 0 spiro atoms. The lowest BCUT2D eigenvalue weighted by Crippen LogP contribution is -2.13. The molecule has 5 nitrogen and oxygen atoms in total. The SMILES string of the molecule is CS(=O)(=O)Nc1cccc(NC(=O)c2ccc(Cl)cc2)c1. The molecule has 2 aromatic rings. The van der Waals surface area contributed by atoms with Gasteiger partial charge < -0.3 is 5.32 Å². The van der Waals surface area contributed by atoms with Crippen molar-refractivity contribution in [3.8, 4) is 0 Å². The van der Waals surface area contributed by atoms with Gasteiger partial charge in [-0.15, -0.1) is 0 Å². The average Bonchev–Trinajstić information content (AvgIpc) is 2.37. The molecule has 2 rings (SSSR count). The number of hydrogen-bond acceptors (Lipinski definition) is 3. The van der Waals surface area contributed by atoms with Crippen molar-refractivity contribution >= 4 is 38.9 Å². The van der Waals surface area contributed by atoms with Gasteiger partial charge in [0.15, 0.2) is 0 Å². The first-order chi connectivity index (χ1) is 9.83. The van der Waals surface area contributed by atoms with E-state index in [4.69, 9.17) is 11.6 Å². The van der Waals surface area contributed by atoms with Gasteiger partial charge in [0.05, 0.1) is 11.9 Å². The fourth-order valence-corrected chi connectivity index (χ4v) is 2.36. The lowest BCUT2D eigenvalue weighted by atomic mass is 10.2. The van der Waals surface area contributed by atoms with Gasteiger partial charge in [-0.25, -0.2) is 8.42 Å². The monoisotopic (exact) mass is 324 g/mol. The molecule has 0 fully saturated rings. The Kier molecular flexibility index (Phi) is 4.50. The van der Waals surface area contributed by atoms with Gasteiger partial charge in [-0.2, -0.15) is 0 Å². The Morgan fingerprint density at radius 1 is 1.05 bits per heavy atom. The zero-order valence-electron chi connectivity index (χ0n) is 11.1. The van der Waals surface area contributed by atoms with Crippen molar-refractivity contribution in [2.75, 3.05) is 16.3 Å². The van der Waals surface area contributed by atoms with Gasteiger partial charge >= 0.3 is 0 Å². The Hall–Kier alpha value is -2.05. The Bertz CT molecular complexity index is 758. The number of carbonyl (C=O) groups is 1. The normalized spacial score (nSPS) is 11.0. The van der Waals surface area contributed by atoms with Crippen LogP contribution in [0.1, 0.15) is 10.4 Å². The number of halogens is 1. The molecule has 110 valence electrons. The number of sulfonamides is 1. The van der Waals surface area contributed by atoms with Crippen molar-refractivity contribution < 1.29 is 13.2 Å². The van der Waals surface area contributed by atoms with Crippen LogP contribution in [-0.2, 0) is 10.0 Å². The van der Waals surface area contributed by atoms with Crippen LogP contribution < -0.4 is 10.0 Å². The van der Waals surface area contributed by atoms with Crippen molar-refractivity contribution in [1.82, 2.24) is 0 Å². The third-order valence-corrected chi connectivity index (χ3v) is 3.39. The molecule has 0 bridgehead atoms. The zero-order chi connectivity index (χ0) is 15.5. The lowest BCUT2D eigenvalue weighted by Gasteiger charge is -2.08. The third kappa shape index (κ3) is 4.77. The molecular weight excluding hydrogens is 312 g/mol. The van der Waals surface area contributed by atoms with E-state index in [1.165, 1.54) is 6.07 Å². The van der Waals surface area contributed by atoms with E-state index in [-0.39, 0.29) is 5.91 Å². The van der Waals surface area contributed by atoms with Crippen LogP contribution in [0.2, 0.25) is 5.02 Å². The van der Waals surface area contributed by atoms with Gasteiger partial charge in [0, 0.05) is 16.3 Å². The van der Waals surface area contributed by atoms with E-state index < -0.39 is 10.0 Å². The highest BCUT2D eigenvalue weighted by Gasteiger charge is 2.07. The number of hydrogen-bond donors (Lipinski definition) is 2. The minimum Gasteiger partial charge on any atom is -0.322 e. The quantitative estimate of drug-likeness (QED) is 0.908. The Labute approximate surface area is 128 Å². The second-order valence-corrected chi connectivity index (χ2v) is 6.60. The first-order valence-electron chi connectivity index (χ1n) is 5.98. The van der Waals surface area contributed by atoms with Gasteiger partial charge in [0.1, 0.15) is 0 Å². The molecule has 0 aromatic heterocycles. The standard InChI is InChI=1S/C14H13ClN2O3S/c1-21(19,20)17-13-4-2-3-12(9-13)16-14(18)10-5-7-11(15)8-6-10/h2-9,17H,1H3,(H,16,18). The van der Waals surface area contributed by atoms with Crippen LogP contribution in [0, 0.1) is 0 Å². The molecule has 0 radical (unpaired) electrons. The maximum atomic E-state index is 12.0. The Morgan fingerprint density at radius 2 is 1.67 bits per heavy atom. The second kappa shape index (κ2) is 6.15. The van der Waals surface area contributed by atoms with Crippen molar-refractivity contribution in [2.45, 2.75) is 0 Å². The van der Waals surface area contributed by atoms with Crippen molar-refractivity contribution in [1.29, 1.82) is 0 Å². The topological polar surface area (TPSA) is 75.3 Å². The maximum Gasteiger partial charge on any atom is 0.255 e. The van der Waals surface area contributed by atoms with Gasteiger partial charge in [-0.1, -0.05) is 17.7 Å². The fraction of sp³-hybridized carbons (Fsp3) is 0.0714. The minimum absolute atomic E-state index is 0.303. The average molecular weight is 325 g/mol. The molecular formula is C14H13ClN2O3S. The number of nitrogens with one attached hydrogen (secondary N) is 2. The van der Waals surface area contributed by atoms with Crippen LogP contribution in [-0.4, -0.2) is 20.6 Å². The summed E-state index contributed by atoms with van der Waals surface area (Å²) >= 11 is 5.76. The highest BCUT2D eigenvalue weighted by atomic mass is 35.5. The highest BCUT2D eigenvalue weighted by Crippen LogP contribution is 2.17. The molecule has 21 heavy (non-hydrogen) atoms. The molecule has 0 unspecified atom stereocenters. The highest BCUT2D eigenvalue weighted by molar-refractivity contribution is 7.92. The molecule has 1 amide bonds. The summed E-state index contributed by atoms with van der Waals surface area (Å²) in [4.78, 5) is 12.0. The van der Waals surface area contributed by atoms with Crippen molar-refractivity contribution in [3.05, 3.63) is 59.1 Å². The number of carbonyl (C=O) groups excluding carboxylic acids is 1. The summed E-state index contributed by atoms with van der Waals surface area (Å²) in [5.74, 6) is -0.303. The summed E-state index contributed by atoms with van der Waals surface area (Å²) in [6, 6.07) is 12.9. The van der Waals surface area contributed by atoms with E-state index in [0.717, 1.165) is 6.26 Å². The fourth-order valence-electron chi connectivity index (χ4n) is 1.68. The smallest absolute Gasteiger partial charge is 0.255 e. The summed E-state index contributed by atoms with van der Waals surface area (Å²) in [5, 5.41) is 3.23. The van der Waals surface area contributed by atoms with Crippen LogP contribution >= 0.6 is 11.6 Å². The van der Waals surface area contributed by atoms with E-state index >= 15 is 0 Å². The molecule has 0 saturated carbocycles. The Balaban J connectivity index is 2.14. The van der Waals surface area contributed by atoms with Gasteiger partial charge in [0.25, 0.3) is 5.91 Å². The lowest BCUT2D eigenvalue weighted by molar-refractivity contribution is 0.102. The summed E-state index contributed by atoms with van der Waals surface area (Å²) in [5.41, 5.74) is 1.33. The van der Waals surface area contributed by atoms with Gasteiger partial charge in [-0.3, -0.25) is 9.52 Å². The maximum absolute atomic E-state index is 12.0. The molecule has 2 N–H and O–H groups in total. The molecule has 0 atom stereocenters. The van der Waals surface area contributed by atoms with E-state index in [1.54, 1.807) is 42.5 Å². The predicted octanol–water partition coefficient (Wildman–Crippen LogP) is 2.96. The summed E-state index contributed by atoms with van der Waals surface area (Å²) in [7, 11) is -3.36. The Morgan fingerprint density at radius 3 is 2.29 bits per heavy atom. The first kappa shape index (κ1) is 15.3. The largest absolute Gasteiger partial charge is 0.322 e. The van der Waals surface area contributed by atoms with Crippen LogP contribution in [0.25, 0.3) is 0 Å². The second-order valence-electron chi connectivity index (χ2n) is 4.42.